The monoisotopic (exact) mass is 262 g/mol. The maximum absolute atomic E-state index is 5.79. The maximum Gasteiger partial charge on any atom is 0.138 e. The Labute approximate surface area is 92.2 Å². The molecule has 0 unspecified atom stereocenters. The van der Waals surface area contributed by atoms with E-state index in [1.165, 1.54) is 0 Å². The Morgan fingerprint density at radius 1 is 1.46 bits per heavy atom. The maximum atomic E-state index is 5.79. The normalized spacial score (nSPS) is 10.5. The molecule has 0 bridgehead atoms. The molecule has 0 aliphatic heterocycles. The lowest BCUT2D eigenvalue weighted by Crippen LogP contribution is -2.07. The summed E-state index contributed by atoms with van der Waals surface area (Å²) in [6.45, 7) is 3.99. The minimum absolute atomic E-state index is 0.167. The third kappa shape index (κ3) is 2.89. The molecule has 0 spiro atoms. The molecule has 0 aliphatic rings. The predicted molar refractivity (Wildman–Crippen MR) is 59.5 cm³/mol. The number of rotatable bonds is 3. The SMILES string of the molecule is CC(C)Oc1c(Br)cccc1CCl. The van der Waals surface area contributed by atoms with Gasteiger partial charge in [-0.1, -0.05) is 12.1 Å². The molecule has 1 rings (SSSR count). The van der Waals surface area contributed by atoms with E-state index in [0.29, 0.717) is 5.88 Å². The van der Waals surface area contributed by atoms with Gasteiger partial charge in [0.2, 0.25) is 0 Å². The van der Waals surface area contributed by atoms with E-state index in [1.807, 2.05) is 32.0 Å². The second kappa shape index (κ2) is 4.87. The second-order valence-corrected chi connectivity index (χ2v) is 4.15. The van der Waals surface area contributed by atoms with Crippen molar-refractivity contribution >= 4 is 27.5 Å². The quantitative estimate of drug-likeness (QED) is 0.750. The Balaban J connectivity index is 3.00. The number of hydrogen-bond donors (Lipinski definition) is 0. The Bertz CT molecular complexity index is 286. The molecule has 1 aromatic rings. The molecule has 0 heterocycles. The molecular formula is C10H12BrClO. The van der Waals surface area contributed by atoms with Crippen LogP contribution < -0.4 is 4.74 Å². The van der Waals surface area contributed by atoms with Crippen LogP contribution in [0.4, 0.5) is 0 Å². The van der Waals surface area contributed by atoms with Crippen LogP contribution in [0.1, 0.15) is 19.4 Å². The lowest BCUT2D eigenvalue weighted by molar-refractivity contribution is 0.239. The van der Waals surface area contributed by atoms with Gasteiger partial charge in [-0.3, -0.25) is 0 Å². The Kier molecular flexibility index (Phi) is 4.07. The molecule has 13 heavy (non-hydrogen) atoms. The molecule has 3 heteroatoms. The van der Waals surface area contributed by atoms with Crippen molar-refractivity contribution in [1.82, 2.24) is 0 Å². The van der Waals surface area contributed by atoms with Gasteiger partial charge >= 0.3 is 0 Å². The van der Waals surface area contributed by atoms with E-state index >= 15 is 0 Å². The first kappa shape index (κ1) is 10.9. The first-order valence-electron chi connectivity index (χ1n) is 4.15. The third-order valence-corrected chi connectivity index (χ3v) is 2.46. The van der Waals surface area contributed by atoms with Crippen LogP contribution >= 0.6 is 27.5 Å². The molecule has 1 nitrogen and oxygen atoms in total. The van der Waals surface area contributed by atoms with Gasteiger partial charge in [-0.2, -0.15) is 0 Å². The van der Waals surface area contributed by atoms with Crippen molar-refractivity contribution in [3.63, 3.8) is 0 Å². The summed E-state index contributed by atoms with van der Waals surface area (Å²) in [5, 5.41) is 0. The smallest absolute Gasteiger partial charge is 0.138 e. The highest BCUT2D eigenvalue weighted by atomic mass is 79.9. The topological polar surface area (TPSA) is 9.23 Å². The van der Waals surface area contributed by atoms with Crippen molar-refractivity contribution in [2.75, 3.05) is 0 Å². The zero-order chi connectivity index (χ0) is 9.84. The average molecular weight is 264 g/mol. The summed E-state index contributed by atoms with van der Waals surface area (Å²) >= 11 is 9.22. The average Bonchev–Trinajstić information content (AvgIpc) is 2.08. The van der Waals surface area contributed by atoms with E-state index < -0.39 is 0 Å². The van der Waals surface area contributed by atoms with Crippen molar-refractivity contribution in [2.24, 2.45) is 0 Å². The summed E-state index contributed by atoms with van der Waals surface area (Å²) in [5.41, 5.74) is 1.02. The van der Waals surface area contributed by atoms with Gasteiger partial charge < -0.3 is 4.74 Å². The van der Waals surface area contributed by atoms with Gasteiger partial charge in [0.1, 0.15) is 5.75 Å². The summed E-state index contributed by atoms with van der Waals surface area (Å²) in [4.78, 5) is 0. The lowest BCUT2D eigenvalue weighted by atomic mass is 10.2. The number of halogens is 2. The third-order valence-electron chi connectivity index (χ3n) is 1.55. The van der Waals surface area contributed by atoms with Crippen LogP contribution in [0.5, 0.6) is 5.75 Å². The van der Waals surface area contributed by atoms with E-state index in [2.05, 4.69) is 15.9 Å². The van der Waals surface area contributed by atoms with Crippen molar-refractivity contribution in [2.45, 2.75) is 25.8 Å². The van der Waals surface area contributed by atoms with Crippen molar-refractivity contribution in [3.8, 4) is 5.75 Å². The zero-order valence-corrected chi connectivity index (χ0v) is 10.0. The Morgan fingerprint density at radius 2 is 2.15 bits per heavy atom. The highest BCUT2D eigenvalue weighted by molar-refractivity contribution is 9.10. The largest absolute Gasteiger partial charge is 0.489 e. The van der Waals surface area contributed by atoms with Gasteiger partial charge in [0.05, 0.1) is 16.5 Å². The van der Waals surface area contributed by atoms with Crippen LogP contribution in [-0.2, 0) is 5.88 Å². The van der Waals surface area contributed by atoms with Crippen LogP contribution in [0.3, 0.4) is 0 Å². The Hall–Kier alpha value is -0.210. The standard InChI is InChI=1S/C10H12BrClO/c1-7(2)13-10-8(6-12)4-3-5-9(10)11/h3-5,7H,6H2,1-2H3. The molecule has 0 saturated heterocycles. The van der Waals surface area contributed by atoms with Crippen LogP contribution in [-0.4, -0.2) is 6.10 Å². The molecule has 0 aromatic heterocycles. The summed E-state index contributed by atoms with van der Waals surface area (Å²) < 4.78 is 6.59. The van der Waals surface area contributed by atoms with E-state index in [4.69, 9.17) is 16.3 Å². The molecule has 0 aliphatic carbocycles. The number of hydrogen-bond acceptors (Lipinski definition) is 1. The van der Waals surface area contributed by atoms with Crippen LogP contribution in [0.2, 0.25) is 0 Å². The number of benzene rings is 1. The summed E-state index contributed by atoms with van der Waals surface area (Å²) in [6.07, 6.45) is 0.167. The molecular weight excluding hydrogens is 251 g/mol. The fraction of sp³-hybridized carbons (Fsp3) is 0.400. The Morgan fingerprint density at radius 3 is 2.69 bits per heavy atom. The van der Waals surface area contributed by atoms with Gasteiger partial charge in [-0.25, -0.2) is 0 Å². The molecule has 72 valence electrons. The molecule has 0 atom stereocenters. The molecule has 0 saturated carbocycles. The fourth-order valence-corrected chi connectivity index (χ4v) is 1.74. The van der Waals surface area contributed by atoms with E-state index in [9.17, 15) is 0 Å². The van der Waals surface area contributed by atoms with E-state index in [0.717, 1.165) is 15.8 Å². The fourth-order valence-electron chi connectivity index (χ4n) is 1.03. The van der Waals surface area contributed by atoms with Crippen molar-refractivity contribution in [3.05, 3.63) is 28.2 Å². The van der Waals surface area contributed by atoms with Gasteiger partial charge in [0.25, 0.3) is 0 Å². The lowest BCUT2D eigenvalue weighted by Gasteiger charge is -2.14. The minimum Gasteiger partial charge on any atom is -0.489 e. The summed E-state index contributed by atoms with van der Waals surface area (Å²) in [6, 6.07) is 5.87. The van der Waals surface area contributed by atoms with E-state index in [-0.39, 0.29) is 6.10 Å². The molecule has 0 fully saturated rings. The first-order valence-corrected chi connectivity index (χ1v) is 5.48. The van der Waals surface area contributed by atoms with Crippen molar-refractivity contribution < 1.29 is 4.74 Å². The summed E-state index contributed by atoms with van der Waals surface area (Å²) in [7, 11) is 0. The first-order chi connectivity index (χ1) is 6.15. The van der Waals surface area contributed by atoms with Gasteiger partial charge in [-0.05, 0) is 35.8 Å². The van der Waals surface area contributed by atoms with Gasteiger partial charge in [-0.15, -0.1) is 11.6 Å². The molecule has 0 N–H and O–H groups in total. The van der Waals surface area contributed by atoms with Crippen molar-refractivity contribution in [1.29, 1.82) is 0 Å². The zero-order valence-electron chi connectivity index (χ0n) is 7.68. The minimum atomic E-state index is 0.167. The number of para-hydroxylation sites is 1. The van der Waals surface area contributed by atoms with Crippen LogP contribution in [0, 0.1) is 0 Å². The van der Waals surface area contributed by atoms with E-state index in [1.54, 1.807) is 0 Å². The molecule has 1 aromatic carbocycles. The highest BCUT2D eigenvalue weighted by Gasteiger charge is 2.08. The van der Waals surface area contributed by atoms with Gasteiger partial charge in [0.15, 0.2) is 0 Å². The number of alkyl halides is 1. The number of ether oxygens (including phenoxy) is 1. The second-order valence-electron chi connectivity index (χ2n) is 3.03. The van der Waals surface area contributed by atoms with Crippen LogP contribution in [0.15, 0.2) is 22.7 Å². The van der Waals surface area contributed by atoms with Gasteiger partial charge in [0, 0.05) is 5.56 Å². The molecule has 0 amide bonds. The van der Waals surface area contributed by atoms with Crippen LogP contribution in [0.25, 0.3) is 0 Å². The predicted octanol–water partition coefficient (Wildman–Crippen LogP) is 3.98. The summed E-state index contributed by atoms with van der Waals surface area (Å²) in [5.74, 6) is 1.33. The molecule has 0 radical (unpaired) electrons. The highest BCUT2D eigenvalue weighted by Crippen LogP contribution is 2.30.